The van der Waals surface area contributed by atoms with E-state index in [0.717, 1.165) is 28.7 Å². The van der Waals surface area contributed by atoms with Crippen molar-refractivity contribution in [1.29, 1.82) is 0 Å². The predicted molar refractivity (Wildman–Crippen MR) is 113 cm³/mol. The summed E-state index contributed by atoms with van der Waals surface area (Å²) < 4.78 is 42.6. The van der Waals surface area contributed by atoms with Gasteiger partial charge in [0.2, 0.25) is 0 Å². The highest BCUT2D eigenvalue weighted by Crippen LogP contribution is 2.41. The van der Waals surface area contributed by atoms with Gasteiger partial charge in [0.15, 0.2) is 5.11 Å². The van der Waals surface area contributed by atoms with Crippen molar-refractivity contribution < 1.29 is 13.2 Å². The Balaban J connectivity index is 1.86. The van der Waals surface area contributed by atoms with Gasteiger partial charge in [-0.2, -0.15) is 13.2 Å². The van der Waals surface area contributed by atoms with Crippen LogP contribution >= 0.6 is 12.2 Å². The van der Waals surface area contributed by atoms with Gasteiger partial charge in [0.05, 0.1) is 29.0 Å². The first-order valence-electron chi connectivity index (χ1n) is 9.50. The minimum absolute atomic E-state index is 0.122. The number of alkyl halides is 3. The van der Waals surface area contributed by atoms with Crippen molar-refractivity contribution in [2.45, 2.75) is 32.1 Å². The third-order valence-corrected chi connectivity index (χ3v) is 5.98. The van der Waals surface area contributed by atoms with Crippen LogP contribution in [0.3, 0.4) is 0 Å². The topological polar surface area (TPSA) is 33.1 Å². The van der Waals surface area contributed by atoms with Gasteiger partial charge in [-0.1, -0.05) is 18.2 Å². The van der Waals surface area contributed by atoms with Gasteiger partial charge in [0.1, 0.15) is 0 Å². The van der Waals surface area contributed by atoms with Crippen molar-refractivity contribution in [2.24, 2.45) is 0 Å². The number of thiocarbonyl (C=S) groups is 1. The highest BCUT2D eigenvalue weighted by molar-refractivity contribution is 7.80. The maximum absolute atomic E-state index is 13.6. The average molecular weight is 430 g/mol. The summed E-state index contributed by atoms with van der Waals surface area (Å²) in [5.41, 5.74) is 2.67. The molecule has 3 heterocycles. The first-order chi connectivity index (χ1) is 14.2. The second kappa shape index (κ2) is 7.43. The molecule has 4 nitrogen and oxygen atoms in total. The van der Waals surface area contributed by atoms with Gasteiger partial charge >= 0.3 is 6.18 Å². The monoisotopic (exact) mass is 430 g/mol. The summed E-state index contributed by atoms with van der Waals surface area (Å²) in [5.74, 6) is 0. The molecular formula is C22H21F3N4S. The SMILES string of the molecule is Cc1cc(C2C(c3ccccn3)NC(=S)N2C)c(C)n1-c1ccccc1C(F)(F)F. The number of hydrogen-bond donors (Lipinski definition) is 1. The molecule has 2 aromatic heterocycles. The Morgan fingerprint density at radius 3 is 2.43 bits per heavy atom. The van der Waals surface area contributed by atoms with E-state index in [1.165, 1.54) is 12.1 Å². The van der Waals surface area contributed by atoms with Crippen LogP contribution in [0, 0.1) is 13.8 Å². The maximum atomic E-state index is 13.6. The second-order valence-corrected chi connectivity index (χ2v) is 7.80. The third kappa shape index (κ3) is 3.35. The summed E-state index contributed by atoms with van der Waals surface area (Å²) in [7, 11) is 1.89. The highest BCUT2D eigenvalue weighted by atomic mass is 32.1. The largest absolute Gasteiger partial charge is 0.418 e. The summed E-state index contributed by atoms with van der Waals surface area (Å²) >= 11 is 5.47. The van der Waals surface area contributed by atoms with Gasteiger partial charge in [-0.3, -0.25) is 4.98 Å². The fourth-order valence-corrected chi connectivity index (χ4v) is 4.45. The van der Waals surface area contributed by atoms with Crippen LogP contribution in [0.15, 0.2) is 54.7 Å². The quantitative estimate of drug-likeness (QED) is 0.586. The van der Waals surface area contributed by atoms with Gasteiger partial charge in [-0.15, -0.1) is 0 Å². The maximum Gasteiger partial charge on any atom is 0.418 e. The fraction of sp³-hybridized carbons (Fsp3) is 0.273. The lowest BCUT2D eigenvalue weighted by molar-refractivity contribution is -0.137. The van der Waals surface area contributed by atoms with Crippen molar-refractivity contribution in [3.8, 4) is 5.69 Å². The number of aryl methyl sites for hydroxylation is 1. The van der Waals surface area contributed by atoms with Crippen molar-refractivity contribution in [2.75, 3.05) is 7.05 Å². The van der Waals surface area contributed by atoms with Gasteiger partial charge < -0.3 is 14.8 Å². The Morgan fingerprint density at radius 1 is 1.07 bits per heavy atom. The number of likely N-dealkylation sites (N-methyl/N-ethyl adjacent to an activating group) is 1. The van der Waals surface area contributed by atoms with E-state index in [0.29, 0.717) is 5.11 Å². The number of pyridine rings is 1. The third-order valence-electron chi connectivity index (χ3n) is 5.58. The molecule has 0 aliphatic carbocycles. The van der Waals surface area contributed by atoms with E-state index >= 15 is 0 Å². The Morgan fingerprint density at radius 2 is 1.77 bits per heavy atom. The summed E-state index contributed by atoms with van der Waals surface area (Å²) in [6, 6.07) is 12.9. The predicted octanol–water partition coefficient (Wildman–Crippen LogP) is 5.11. The van der Waals surface area contributed by atoms with Gasteiger partial charge in [0, 0.05) is 24.6 Å². The zero-order valence-electron chi connectivity index (χ0n) is 16.7. The Kier molecular flexibility index (Phi) is 5.05. The van der Waals surface area contributed by atoms with Crippen molar-refractivity contribution in [1.82, 2.24) is 19.8 Å². The molecule has 0 radical (unpaired) electrons. The minimum atomic E-state index is -4.44. The van der Waals surface area contributed by atoms with Crippen molar-refractivity contribution >= 4 is 17.3 Å². The van der Waals surface area contributed by atoms with E-state index in [1.54, 1.807) is 16.8 Å². The lowest BCUT2D eigenvalue weighted by Crippen LogP contribution is -2.25. The van der Waals surface area contributed by atoms with Gasteiger partial charge in [0.25, 0.3) is 0 Å². The summed E-state index contributed by atoms with van der Waals surface area (Å²) in [4.78, 5) is 6.41. The molecule has 3 aromatic rings. The molecule has 8 heteroatoms. The molecule has 30 heavy (non-hydrogen) atoms. The summed E-state index contributed by atoms with van der Waals surface area (Å²) in [6.07, 6.45) is -2.72. The Labute approximate surface area is 178 Å². The fourth-order valence-electron chi connectivity index (χ4n) is 4.21. The van der Waals surface area contributed by atoms with Gasteiger partial charge in [-0.25, -0.2) is 0 Å². The number of nitrogens with zero attached hydrogens (tertiary/aromatic N) is 3. The van der Waals surface area contributed by atoms with Crippen LogP contribution < -0.4 is 5.32 Å². The molecule has 0 amide bonds. The molecule has 1 aliphatic rings. The van der Waals surface area contributed by atoms with E-state index in [2.05, 4.69) is 10.3 Å². The highest BCUT2D eigenvalue weighted by Gasteiger charge is 2.40. The van der Waals surface area contributed by atoms with E-state index in [-0.39, 0.29) is 17.8 Å². The molecule has 0 bridgehead atoms. The van der Waals surface area contributed by atoms with E-state index < -0.39 is 11.7 Å². The lowest BCUT2D eigenvalue weighted by Gasteiger charge is -2.25. The number of hydrogen-bond acceptors (Lipinski definition) is 2. The number of para-hydroxylation sites is 1. The minimum Gasteiger partial charge on any atom is -0.352 e. The molecule has 1 fully saturated rings. The summed E-state index contributed by atoms with van der Waals surface area (Å²) in [6.45, 7) is 3.67. The zero-order chi connectivity index (χ0) is 21.6. The molecule has 156 valence electrons. The smallest absolute Gasteiger partial charge is 0.352 e. The Hall–Kier alpha value is -2.87. The normalized spacial score (nSPS) is 19.3. The van der Waals surface area contributed by atoms with Crippen LogP contribution in [0.25, 0.3) is 5.69 Å². The van der Waals surface area contributed by atoms with Crippen molar-refractivity contribution in [3.05, 3.63) is 82.9 Å². The second-order valence-electron chi connectivity index (χ2n) is 7.41. The number of rotatable bonds is 3. The molecule has 0 saturated carbocycles. The van der Waals surface area contributed by atoms with Crippen molar-refractivity contribution in [3.63, 3.8) is 0 Å². The standard InChI is InChI=1S/C22H21F3N4S/c1-13-12-15(14(2)29(13)18-10-5-4-8-16(18)22(23,24)25)20-19(27-21(30)28(20)3)17-9-6-7-11-26-17/h4-12,19-20H,1-3H3,(H,27,30). The molecule has 1 aliphatic heterocycles. The molecule has 2 unspecified atom stereocenters. The van der Waals surface area contributed by atoms with Crippen LogP contribution in [0.5, 0.6) is 0 Å². The van der Waals surface area contributed by atoms with E-state index in [4.69, 9.17) is 12.2 Å². The molecule has 1 saturated heterocycles. The molecule has 0 spiro atoms. The molecular weight excluding hydrogens is 409 g/mol. The van der Waals surface area contributed by atoms with Crippen LogP contribution in [0.4, 0.5) is 13.2 Å². The first kappa shape index (κ1) is 20.4. The number of aromatic nitrogens is 2. The first-order valence-corrected chi connectivity index (χ1v) is 9.90. The van der Waals surface area contributed by atoms with E-state index in [1.807, 2.05) is 50.1 Å². The van der Waals surface area contributed by atoms with Crippen LogP contribution in [-0.4, -0.2) is 26.6 Å². The molecule has 4 rings (SSSR count). The summed E-state index contributed by atoms with van der Waals surface area (Å²) in [5, 5.41) is 3.89. The Bertz CT molecular complexity index is 1090. The number of nitrogens with one attached hydrogen (secondary N) is 1. The number of halogens is 3. The van der Waals surface area contributed by atoms with Crippen LogP contribution in [0.2, 0.25) is 0 Å². The zero-order valence-corrected chi connectivity index (χ0v) is 17.6. The van der Waals surface area contributed by atoms with Crippen LogP contribution in [0.1, 0.15) is 40.3 Å². The van der Waals surface area contributed by atoms with Gasteiger partial charge in [-0.05, 0) is 62.0 Å². The number of benzene rings is 1. The average Bonchev–Trinajstić information content (AvgIpc) is 3.17. The lowest BCUT2D eigenvalue weighted by atomic mass is 9.97. The molecule has 1 aromatic carbocycles. The molecule has 1 N–H and O–H groups in total. The van der Waals surface area contributed by atoms with E-state index in [9.17, 15) is 13.2 Å². The van der Waals surface area contributed by atoms with Crippen LogP contribution in [-0.2, 0) is 6.18 Å². The molecule has 2 atom stereocenters.